The minimum atomic E-state index is 0.336. The van der Waals surface area contributed by atoms with Crippen LogP contribution in [0.4, 0.5) is 5.69 Å². The number of benzene rings is 1. The molecule has 0 bridgehead atoms. The summed E-state index contributed by atoms with van der Waals surface area (Å²) in [6, 6.07) is 6.19. The number of rotatable bonds is 5. The van der Waals surface area contributed by atoms with E-state index in [0.29, 0.717) is 9.74 Å². The van der Waals surface area contributed by atoms with Gasteiger partial charge in [-0.05, 0) is 43.9 Å². The van der Waals surface area contributed by atoms with Crippen LogP contribution in [0.3, 0.4) is 0 Å². The first kappa shape index (κ1) is 15.0. The summed E-state index contributed by atoms with van der Waals surface area (Å²) in [5.74, 6) is 1.27. The smallest absolute Gasteiger partial charge is 0.107 e. The number of hydrogen-bond acceptors (Lipinski definition) is 4. The Morgan fingerprint density at radius 1 is 1.58 bits per heavy atom. The first-order valence-electron chi connectivity index (χ1n) is 6.40. The molecule has 0 amide bonds. The van der Waals surface area contributed by atoms with E-state index in [0.717, 1.165) is 22.7 Å². The molecule has 0 aromatic heterocycles. The molecule has 2 nitrogen and oxygen atoms in total. The van der Waals surface area contributed by atoms with Crippen molar-refractivity contribution in [3.05, 3.63) is 23.8 Å². The molecule has 1 aliphatic heterocycles. The van der Waals surface area contributed by atoms with Crippen molar-refractivity contribution in [2.45, 2.75) is 29.4 Å². The van der Waals surface area contributed by atoms with Crippen LogP contribution in [0.1, 0.15) is 25.3 Å². The number of hydrogen-bond donors (Lipinski definition) is 2. The molecule has 1 fully saturated rings. The fraction of sp³-hybridized carbons (Fsp3) is 0.500. The van der Waals surface area contributed by atoms with Gasteiger partial charge in [0.05, 0.1) is 0 Å². The van der Waals surface area contributed by atoms with E-state index in [9.17, 15) is 0 Å². The van der Waals surface area contributed by atoms with Gasteiger partial charge in [0.2, 0.25) is 0 Å². The van der Waals surface area contributed by atoms with E-state index < -0.39 is 0 Å². The topological polar surface area (TPSA) is 38.0 Å². The van der Waals surface area contributed by atoms with Crippen LogP contribution >= 0.6 is 35.7 Å². The van der Waals surface area contributed by atoms with E-state index in [1.807, 2.05) is 0 Å². The summed E-state index contributed by atoms with van der Waals surface area (Å²) in [6.07, 6.45) is 4.64. The maximum Gasteiger partial charge on any atom is 0.107 e. The Kier molecular flexibility index (Phi) is 5.03. The maximum absolute atomic E-state index is 5.88. The second kappa shape index (κ2) is 6.37. The average molecular weight is 313 g/mol. The number of thioether (sulfide) groups is 2. The van der Waals surface area contributed by atoms with Crippen LogP contribution in [0.25, 0.3) is 0 Å². The van der Waals surface area contributed by atoms with E-state index in [1.54, 1.807) is 11.8 Å². The lowest BCUT2D eigenvalue weighted by Crippen LogP contribution is -2.28. The first-order chi connectivity index (χ1) is 9.06. The van der Waals surface area contributed by atoms with Crippen molar-refractivity contribution in [2.75, 3.05) is 23.9 Å². The van der Waals surface area contributed by atoms with Gasteiger partial charge in [-0.25, -0.2) is 0 Å². The molecule has 2 rings (SSSR count). The van der Waals surface area contributed by atoms with Crippen molar-refractivity contribution in [2.24, 2.45) is 5.73 Å². The predicted octanol–water partition coefficient (Wildman–Crippen LogP) is 3.74. The van der Waals surface area contributed by atoms with E-state index in [4.69, 9.17) is 18.0 Å². The van der Waals surface area contributed by atoms with E-state index in [2.05, 4.69) is 48.5 Å². The molecule has 19 heavy (non-hydrogen) atoms. The highest BCUT2D eigenvalue weighted by Gasteiger charge is 2.29. The molecule has 1 heterocycles. The summed E-state index contributed by atoms with van der Waals surface area (Å²) >= 11 is 8.94. The fourth-order valence-electron chi connectivity index (χ4n) is 2.36. The zero-order valence-corrected chi connectivity index (χ0v) is 13.8. The van der Waals surface area contributed by atoms with Crippen LogP contribution < -0.4 is 11.1 Å². The Morgan fingerprint density at radius 3 is 2.95 bits per heavy atom. The van der Waals surface area contributed by atoms with Gasteiger partial charge in [-0.3, -0.25) is 0 Å². The third-order valence-electron chi connectivity index (χ3n) is 3.45. The van der Waals surface area contributed by atoms with Gasteiger partial charge >= 0.3 is 0 Å². The van der Waals surface area contributed by atoms with Crippen LogP contribution in [0.2, 0.25) is 0 Å². The molecule has 1 unspecified atom stereocenters. The van der Waals surface area contributed by atoms with E-state index >= 15 is 0 Å². The van der Waals surface area contributed by atoms with Crippen LogP contribution in [0.5, 0.6) is 0 Å². The monoisotopic (exact) mass is 312 g/mol. The van der Waals surface area contributed by atoms with E-state index in [-0.39, 0.29) is 0 Å². The predicted molar refractivity (Wildman–Crippen MR) is 92.7 cm³/mol. The third kappa shape index (κ3) is 3.58. The van der Waals surface area contributed by atoms with Gasteiger partial charge in [0.25, 0.3) is 0 Å². The van der Waals surface area contributed by atoms with Crippen LogP contribution in [0.15, 0.2) is 23.1 Å². The molecule has 104 valence electrons. The molecule has 3 N–H and O–H groups in total. The molecule has 0 aliphatic carbocycles. The Balaban J connectivity index is 2.17. The van der Waals surface area contributed by atoms with Crippen LogP contribution in [0, 0.1) is 0 Å². The summed E-state index contributed by atoms with van der Waals surface area (Å²) in [5, 5.41) is 3.55. The fourth-order valence-corrected chi connectivity index (χ4v) is 4.53. The van der Waals surface area contributed by atoms with Crippen molar-refractivity contribution in [1.29, 1.82) is 0 Å². The zero-order chi connectivity index (χ0) is 13.9. The minimum absolute atomic E-state index is 0.336. The normalized spacial score (nSPS) is 22.4. The van der Waals surface area contributed by atoms with Gasteiger partial charge < -0.3 is 11.1 Å². The lowest BCUT2D eigenvalue weighted by atomic mass is 10.1. The minimum Gasteiger partial charge on any atom is -0.389 e. The highest BCUT2D eigenvalue weighted by atomic mass is 32.2. The average Bonchev–Trinajstić information content (AvgIpc) is 2.83. The Hall–Kier alpha value is -0.390. The molecular formula is C14H20N2S3. The van der Waals surface area contributed by atoms with E-state index in [1.165, 1.54) is 18.6 Å². The quantitative estimate of drug-likeness (QED) is 0.640. The van der Waals surface area contributed by atoms with Gasteiger partial charge in [0.15, 0.2) is 0 Å². The van der Waals surface area contributed by atoms with Crippen molar-refractivity contribution in [3.8, 4) is 0 Å². The van der Waals surface area contributed by atoms with Gasteiger partial charge in [0, 0.05) is 27.4 Å². The lowest BCUT2D eigenvalue weighted by molar-refractivity contribution is 0.635. The zero-order valence-electron chi connectivity index (χ0n) is 11.4. The summed E-state index contributed by atoms with van der Waals surface area (Å²) in [6.45, 7) is 3.29. The Bertz CT molecular complexity index is 468. The number of nitrogens with two attached hydrogens (primary N) is 1. The highest BCUT2D eigenvalue weighted by molar-refractivity contribution is 8.00. The standard InChI is InChI=1S/C14H20N2S3/c1-14(7-4-8-19-14)9-16-10-5-3-6-11(18-2)12(10)13(15)17/h3,5-6,16H,4,7-9H2,1-2H3,(H2,15,17). The number of anilines is 1. The molecule has 0 spiro atoms. The summed E-state index contributed by atoms with van der Waals surface area (Å²) in [7, 11) is 0. The lowest BCUT2D eigenvalue weighted by Gasteiger charge is -2.25. The van der Waals surface area contributed by atoms with Crippen LogP contribution in [-0.2, 0) is 0 Å². The molecule has 1 aromatic carbocycles. The summed E-state index contributed by atoms with van der Waals surface area (Å²) in [4.78, 5) is 1.61. The molecular weight excluding hydrogens is 292 g/mol. The van der Waals surface area contributed by atoms with Crippen molar-refractivity contribution in [1.82, 2.24) is 0 Å². The van der Waals surface area contributed by atoms with Crippen molar-refractivity contribution in [3.63, 3.8) is 0 Å². The third-order valence-corrected chi connectivity index (χ3v) is 5.97. The molecule has 1 saturated heterocycles. The molecule has 1 atom stereocenters. The second-order valence-corrected chi connectivity index (χ2v) is 7.97. The molecule has 1 aliphatic rings. The Morgan fingerprint density at radius 2 is 2.37 bits per heavy atom. The number of thiocarbonyl (C=S) groups is 1. The second-order valence-electron chi connectivity index (χ2n) is 5.00. The van der Waals surface area contributed by atoms with Gasteiger partial charge in [-0.15, -0.1) is 11.8 Å². The summed E-state index contributed by atoms with van der Waals surface area (Å²) in [5.41, 5.74) is 7.93. The van der Waals surface area contributed by atoms with Crippen LogP contribution in [-0.4, -0.2) is 28.3 Å². The van der Waals surface area contributed by atoms with Crippen molar-refractivity contribution < 1.29 is 0 Å². The first-order valence-corrected chi connectivity index (χ1v) is 9.02. The number of nitrogens with one attached hydrogen (secondary N) is 1. The SMILES string of the molecule is CSc1cccc(NCC2(C)CCCS2)c1C(N)=S. The summed E-state index contributed by atoms with van der Waals surface area (Å²) < 4.78 is 0.336. The molecule has 0 saturated carbocycles. The maximum atomic E-state index is 5.88. The highest BCUT2D eigenvalue weighted by Crippen LogP contribution is 2.38. The largest absolute Gasteiger partial charge is 0.389 e. The van der Waals surface area contributed by atoms with Gasteiger partial charge in [0.1, 0.15) is 4.99 Å². The van der Waals surface area contributed by atoms with Crippen molar-refractivity contribution >= 4 is 46.4 Å². The molecule has 5 heteroatoms. The molecule has 1 aromatic rings. The van der Waals surface area contributed by atoms with Gasteiger partial charge in [-0.1, -0.05) is 18.3 Å². The van der Waals surface area contributed by atoms with Gasteiger partial charge in [-0.2, -0.15) is 11.8 Å². The Labute approximate surface area is 129 Å². The molecule has 0 radical (unpaired) electrons.